The first-order valence-electron chi connectivity index (χ1n) is 11.4. The summed E-state index contributed by atoms with van der Waals surface area (Å²) in [5, 5.41) is 8.16. The Morgan fingerprint density at radius 2 is 1.83 bits per heavy atom. The molecule has 0 aliphatic rings. The van der Waals surface area contributed by atoms with Gasteiger partial charge in [-0.25, -0.2) is 14.5 Å². The Morgan fingerprint density at radius 3 is 2.51 bits per heavy atom. The summed E-state index contributed by atoms with van der Waals surface area (Å²) >= 11 is 0. The van der Waals surface area contributed by atoms with Crippen LogP contribution in [-0.2, 0) is 17.8 Å². The quantitative estimate of drug-likeness (QED) is 0.316. The van der Waals surface area contributed by atoms with E-state index in [1.807, 2.05) is 37.3 Å². The molecular formula is C26H28N4O5. The molecule has 0 amide bonds. The van der Waals surface area contributed by atoms with Gasteiger partial charge in [0.25, 0.3) is 0 Å². The minimum atomic E-state index is -0.578. The van der Waals surface area contributed by atoms with E-state index < -0.39 is 5.97 Å². The summed E-state index contributed by atoms with van der Waals surface area (Å²) < 4.78 is 23.9. The average Bonchev–Trinajstić information content (AvgIpc) is 3.45. The third-order valence-corrected chi connectivity index (χ3v) is 5.62. The molecule has 9 nitrogen and oxygen atoms in total. The third-order valence-electron chi connectivity index (χ3n) is 5.62. The Morgan fingerprint density at radius 1 is 1.06 bits per heavy atom. The highest BCUT2D eigenvalue weighted by Crippen LogP contribution is 2.33. The molecular weight excluding hydrogens is 448 g/mol. The minimum Gasteiger partial charge on any atom is -0.493 e. The highest BCUT2D eigenvalue weighted by Gasteiger charge is 2.21. The van der Waals surface area contributed by atoms with Gasteiger partial charge in [-0.1, -0.05) is 24.3 Å². The van der Waals surface area contributed by atoms with E-state index in [-0.39, 0.29) is 12.3 Å². The van der Waals surface area contributed by atoms with Crippen molar-refractivity contribution in [3.63, 3.8) is 0 Å². The summed E-state index contributed by atoms with van der Waals surface area (Å²) in [5.41, 5.74) is 4.03. The number of benzene rings is 2. The van der Waals surface area contributed by atoms with Crippen LogP contribution in [0.5, 0.6) is 11.5 Å². The van der Waals surface area contributed by atoms with Gasteiger partial charge in [0.15, 0.2) is 17.2 Å². The first-order valence-corrected chi connectivity index (χ1v) is 11.4. The molecule has 0 fully saturated rings. The second kappa shape index (κ2) is 10.4. The molecule has 2 aromatic heterocycles. The smallest absolute Gasteiger partial charge is 0.361 e. The Kier molecular flexibility index (Phi) is 7.14. The van der Waals surface area contributed by atoms with Gasteiger partial charge in [0.05, 0.1) is 25.1 Å². The molecule has 0 N–H and O–H groups in total. The second-order valence-electron chi connectivity index (χ2n) is 7.85. The molecule has 0 saturated carbocycles. The average molecular weight is 477 g/mol. The summed E-state index contributed by atoms with van der Waals surface area (Å²) in [4.78, 5) is 17.2. The molecule has 2 heterocycles. The number of rotatable bonds is 9. The number of esters is 1. The maximum atomic E-state index is 12.7. The first-order chi connectivity index (χ1) is 16.9. The van der Waals surface area contributed by atoms with Crippen LogP contribution in [0, 0.1) is 13.8 Å². The fourth-order valence-corrected chi connectivity index (χ4v) is 3.60. The van der Waals surface area contributed by atoms with Crippen LogP contribution in [0.1, 0.15) is 47.0 Å². The van der Waals surface area contributed by atoms with Gasteiger partial charge < -0.3 is 18.6 Å². The van der Waals surface area contributed by atoms with Crippen molar-refractivity contribution in [3.05, 3.63) is 70.9 Å². The highest BCUT2D eigenvalue weighted by molar-refractivity contribution is 5.88. The Balaban J connectivity index is 1.47. The van der Waals surface area contributed by atoms with Crippen LogP contribution in [0.2, 0.25) is 0 Å². The van der Waals surface area contributed by atoms with Crippen LogP contribution >= 0.6 is 0 Å². The summed E-state index contributed by atoms with van der Waals surface area (Å²) in [6.45, 7) is 8.03. The fraction of sp³-hybridized carbons (Fsp3) is 0.308. The maximum Gasteiger partial charge on any atom is 0.361 e. The second-order valence-corrected chi connectivity index (χ2v) is 7.85. The van der Waals surface area contributed by atoms with Gasteiger partial charge in [-0.2, -0.15) is 0 Å². The number of nitrogens with zero attached hydrogens (tertiary/aromatic N) is 4. The lowest BCUT2D eigenvalue weighted by Crippen LogP contribution is -2.09. The number of methoxy groups -OCH3 is 1. The van der Waals surface area contributed by atoms with Crippen LogP contribution in [0.15, 0.2) is 46.9 Å². The van der Waals surface area contributed by atoms with Crippen LogP contribution in [0.4, 0.5) is 0 Å². The molecule has 182 valence electrons. The van der Waals surface area contributed by atoms with Gasteiger partial charge in [-0.15, -0.1) is 5.10 Å². The van der Waals surface area contributed by atoms with Crippen molar-refractivity contribution in [2.24, 2.45) is 0 Å². The fourth-order valence-electron chi connectivity index (χ4n) is 3.60. The molecule has 0 saturated heterocycles. The molecule has 0 radical (unpaired) electrons. The summed E-state index contributed by atoms with van der Waals surface area (Å²) in [6.07, 6.45) is 0.948. The minimum absolute atomic E-state index is 0.0557. The summed E-state index contributed by atoms with van der Waals surface area (Å²) in [7, 11) is 1.58. The number of hydrogen-bond acceptors (Lipinski definition) is 8. The van der Waals surface area contributed by atoms with E-state index in [9.17, 15) is 4.79 Å². The largest absolute Gasteiger partial charge is 0.493 e. The molecule has 0 bridgehead atoms. The number of ether oxygens (including phenoxy) is 3. The van der Waals surface area contributed by atoms with Crippen LogP contribution in [0.25, 0.3) is 17.1 Å². The van der Waals surface area contributed by atoms with E-state index in [2.05, 4.69) is 22.2 Å². The summed E-state index contributed by atoms with van der Waals surface area (Å²) in [6, 6.07) is 13.4. The van der Waals surface area contributed by atoms with Crippen molar-refractivity contribution in [1.82, 2.24) is 20.0 Å². The molecule has 0 aliphatic carbocycles. The van der Waals surface area contributed by atoms with Crippen LogP contribution < -0.4 is 9.47 Å². The van der Waals surface area contributed by atoms with E-state index in [0.717, 1.165) is 17.7 Å². The van der Waals surface area contributed by atoms with Gasteiger partial charge in [0.1, 0.15) is 18.1 Å². The van der Waals surface area contributed by atoms with Crippen molar-refractivity contribution in [1.29, 1.82) is 0 Å². The standard InChI is InChI=1S/C26H28N4O5/c1-6-18-8-11-20(12-9-18)30-16(3)24(28-29-30)26(31)34-15-21-17(4)35-25(27-21)19-10-13-22(33-7-2)23(14-19)32-5/h8-14H,6-7,15H2,1-5H3. The number of oxazole rings is 1. The molecule has 0 spiro atoms. The zero-order valence-corrected chi connectivity index (χ0v) is 20.5. The van der Waals surface area contributed by atoms with Crippen molar-refractivity contribution >= 4 is 5.97 Å². The molecule has 0 unspecified atom stereocenters. The lowest BCUT2D eigenvalue weighted by atomic mass is 10.1. The number of hydrogen-bond donors (Lipinski definition) is 0. The molecule has 35 heavy (non-hydrogen) atoms. The van der Waals surface area contributed by atoms with Crippen molar-refractivity contribution in [3.8, 4) is 28.6 Å². The summed E-state index contributed by atoms with van der Waals surface area (Å²) in [5.74, 6) is 1.59. The number of carbonyl (C=O) groups excluding carboxylic acids is 1. The monoisotopic (exact) mass is 476 g/mol. The van der Waals surface area contributed by atoms with Crippen molar-refractivity contribution in [2.75, 3.05) is 13.7 Å². The molecule has 0 aliphatic heterocycles. The van der Waals surface area contributed by atoms with Gasteiger partial charge in [-0.3, -0.25) is 0 Å². The molecule has 9 heteroatoms. The Labute approximate surface area is 203 Å². The van der Waals surface area contributed by atoms with Gasteiger partial charge in [0.2, 0.25) is 5.89 Å². The molecule has 4 aromatic rings. The predicted molar refractivity (Wildman–Crippen MR) is 129 cm³/mol. The maximum absolute atomic E-state index is 12.7. The van der Waals surface area contributed by atoms with Crippen molar-refractivity contribution < 1.29 is 23.4 Å². The molecule has 2 aromatic carbocycles. The van der Waals surface area contributed by atoms with E-state index in [1.54, 1.807) is 37.8 Å². The number of aromatic nitrogens is 4. The van der Waals surface area contributed by atoms with Crippen LogP contribution in [0.3, 0.4) is 0 Å². The first kappa shape index (κ1) is 24.0. The van der Waals surface area contributed by atoms with E-state index in [0.29, 0.717) is 41.1 Å². The number of aryl methyl sites for hydroxylation is 2. The predicted octanol–water partition coefficient (Wildman–Crippen LogP) is 4.87. The highest BCUT2D eigenvalue weighted by atomic mass is 16.5. The van der Waals surface area contributed by atoms with E-state index >= 15 is 0 Å². The zero-order valence-electron chi connectivity index (χ0n) is 20.5. The Hall–Kier alpha value is -4.14. The normalized spacial score (nSPS) is 10.9. The van der Waals surface area contributed by atoms with Gasteiger partial charge in [-0.05, 0) is 63.1 Å². The van der Waals surface area contributed by atoms with Gasteiger partial charge >= 0.3 is 5.97 Å². The topological polar surface area (TPSA) is 102 Å². The van der Waals surface area contributed by atoms with Crippen molar-refractivity contribution in [2.45, 2.75) is 40.7 Å². The number of carbonyl (C=O) groups is 1. The zero-order chi connectivity index (χ0) is 24.9. The van der Waals surface area contributed by atoms with Crippen LogP contribution in [-0.4, -0.2) is 39.7 Å². The van der Waals surface area contributed by atoms with Gasteiger partial charge in [0, 0.05) is 5.56 Å². The lowest BCUT2D eigenvalue weighted by Gasteiger charge is -2.09. The SMILES string of the molecule is CCOc1ccc(-c2nc(COC(=O)c3nnn(-c4ccc(CC)cc4)c3C)c(C)o2)cc1OC. The lowest BCUT2D eigenvalue weighted by molar-refractivity contribution is 0.0459. The third kappa shape index (κ3) is 5.03. The molecule has 0 atom stereocenters. The van der Waals surface area contributed by atoms with E-state index in [1.165, 1.54) is 5.56 Å². The molecule has 4 rings (SSSR count). The van der Waals surface area contributed by atoms with E-state index in [4.69, 9.17) is 18.6 Å². The Bertz CT molecular complexity index is 1320.